The van der Waals surface area contributed by atoms with Crippen molar-refractivity contribution in [1.29, 1.82) is 0 Å². The lowest BCUT2D eigenvalue weighted by molar-refractivity contribution is -0.302. The molecule has 7 N–H and O–H groups in total. The SMILES string of the molecule is CCCCCCCCCCCCC/C=C/[C@@H](O)[C@@H](N)CO[C@@H]1O[C@H](CO)[C@H](O)C(O)C1O. The number of hydrogen-bond donors (Lipinski definition) is 6. The molecule has 7 atom stereocenters. The molecule has 0 aromatic carbocycles. The number of nitrogens with two attached hydrogens (primary N) is 1. The second-order valence-corrected chi connectivity index (χ2v) is 8.94. The smallest absolute Gasteiger partial charge is 0.186 e. The molecule has 0 aromatic rings. The summed E-state index contributed by atoms with van der Waals surface area (Å²) in [5, 5.41) is 48.8. The van der Waals surface area contributed by atoms with Crippen LogP contribution in [0, 0.1) is 0 Å². The summed E-state index contributed by atoms with van der Waals surface area (Å²) in [4.78, 5) is 0. The summed E-state index contributed by atoms with van der Waals surface area (Å²) >= 11 is 0. The summed E-state index contributed by atoms with van der Waals surface area (Å²) < 4.78 is 10.6. The predicted octanol–water partition coefficient (Wildman–Crippen LogP) is 1.75. The van der Waals surface area contributed by atoms with E-state index in [0.29, 0.717) is 0 Å². The van der Waals surface area contributed by atoms with Gasteiger partial charge < -0.3 is 40.7 Å². The third-order valence-corrected chi connectivity index (χ3v) is 6.05. The molecule has 1 heterocycles. The molecular formula is C24H47NO7. The van der Waals surface area contributed by atoms with Crippen molar-refractivity contribution in [1.82, 2.24) is 0 Å². The minimum atomic E-state index is -1.50. The molecule has 0 aliphatic carbocycles. The Bertz CT molecular complexity index is 477. The minimum Gasteiger partial charge on any atom is -0.394 e. The topological polar surface area (TPSA) is 146 Å². The molecule has 0 radical (unpaired) electrons. The van der Waals surface area contributed by atoms with Gasteiger partial charge in [0.05, 0.1) is 25.4 Å². The Kier molecular flexibility index (Phi) is 16.4. The van der Waals surface area contributed by atoms with Crippen LogP contribution in [0.2, 0.25) is 0 Å². The second kappa shape index (κ2) is 17.8. The van der Waals surface area contributed by atoms with Gasteiger partial charge in [-0.15, -0.1) is 0 Å². The summed E-state index contributed by atoms with van der Waals surface area (Å²) in [7, 11) is 0. The maximum atomic E-state index is 10.2. The number of allylic oxidation sites excluding steroid dienone is 1. The fraction of sp³-hybridized carbons (Fsp3) is 0.917. The van der Waals surface area contributed by atoms with Crippen LogP contribution >= 0.6 is 0 Å². The highest BCUT2D eigenvalue weighted by Gasteiger charge is 2.44. The van der Waals surface area contributed by atoms with Gasteiger partial charge in [0, 0.05) is 0 Å². The molecule has 0 amide bonds. The van der Waals surface area contributed by atoms with E-state index in [9.17, 15) is 25.5 Å². The lowest BCUT2D eigenvalue weighted by Gasteiger charge is -2.39. The molecule has 1 saturated heterocycles. The molecule has 2 unspecified atom stereocenters. The van der Waals surface area contributed by atoms with Crippen LogP contribution in [0.3, 0.4) is 0 Å². The molecule has 0 bridgehead atoms. The first-order valence-corrected chi connectivity index (χ1v) is 12.4. The summed E-state index contributed by atoms with van der Waals surface area (Å²) in [5.41, 5.74) is 5.93. The fourth-order valence-electron chi connectivity index (χ4n) is 3.81. The summed E-state index contributed by atoms with van der Waals surface area (Å²) in [6.45, 7) is 1.60. The molecule has 1 rings (SSSR count). The van der Waals surface area contributed by atoms with Crippen molar-refractivity contribution < 1.29 is 35.0 Å². The van der Waals surface area contributed by atoms with E-state index >= 15 is 0 Å². The average Bonchev–Trinajstić information content (AvgIpc) is 2.79. The molecular weight excluding hydrogens is 414 g/mol. The molecule has 0 aromatic heterocycles. The van der Waals surface area contributed by atoms with Gasteiger partial charge in [-0.3, -0.25) is 0 Å². The first-order valence-electron chi connectivity index (χ1n) is 12.4. The molecule has 0 spiro atoms. The van der Waals surface area contributed by atoms with Crippen LogP contribution in [0.5, 0.6) is 0 Å². The van der Waals surface area contributed by atoms with E-state index in [1.54, 1.807) is 6.08 Å². The van der Waals surface area contributed by atoms with E-state index in [-0.39, 0.29) is 6.61 Å². The zero-order chi connectivity index (χ0) is 23.8. The zero-order valence-corrected chi connectivity index (χ0v) is 19.7. The normalized spacial score (nSPS) is 28.3. The number of aliphatic hydroxyl groups excluding tert-OH is 5. The van der Waals surface area contributed by atoms with Crippen LogP contribution in [0.1, 0.15) is 84.0 Å². The third-order valence-electron chi connectivity index (χ3n) is 6.05. The van der Waals surface area contributed by atoms with E-state index in [4.69, 9.17) is 15.2 Å². The van der Waals surface area contributed by atoms with Crippen molar-refractivity contribution in [2.75, 3.05) is 13.2 Å². The number of unbranched alkanes of at least 4 members (excludes halogenated alkanes) is 11. The van der Waals surface area contributed by atoms with Crippen LogP contribution in [0.25, 0.3) is 0 Å². The van der Waals surface area contributed by atoms with E-state index in [2.05, 4.69) is 6.92 Å². The first-order chi connectivity index (χ1) is 15.4. The van der Waals surface area contributed by atoms with Crippen molar-refractivity contribution in [3.05, 3.63) is 12.2 Å². The standard InChI is InChI=1S/C24H47NO7/c1-2-3-4-5-6-7-8-9-10-11-12-13-14-15-19(27)18(25)17-31-24-23(30)22(29)21(28)20(16-26)32-24/h14-15,18-24,26-30H,2-13,16-17,25H2,1H3/b15-14+/t18-,19+,20+,21-,22?,23?,24+/m0/s1. The van der Waals surface area contributed by atoms with Crippen molar-refractivity contribution in [3.63, 3.8) is 0 Å². The van der Waals surface area contributed by atoms with Crippen LogP contribution in [-0.4, -0.2) is 81.6 Å². The molecule has 8 heteroatoms. The Hall–Kier alpha value is -0.580. The summed E-state index contributed by atoms with van der Waals surface area (Å²) in [6.07, 6.45) is 11.1. The molecule has 1 aliphatic rings. The van der Waals surface area contributed by atoms with Gasteiger partial charge in [0.15, 0.2) is 6.29 Å². The number of ether oxygens (including phenoxy) is 2. The van der Waals surface area contributed by atoms with Crippen LogP contribution < -0.4 is 5.73 Å². The van der Waals surface area contributed by atoms with E-state index < -0.39 is 49.5 Å². The van der Waals surface area contributed by atoms with Gasteiger partial charge in [-0.05, 0) is 12.8 Å². The Balaban J connectivity index is 2.10. The van der Waals surface area contributed by atoms with Crippen LogP contribution in [0.15, 0.2) is 12.2 Å². The largest absolute Gasteiger partial charge is 0.394 e. The van der Waals surface area contributed by atoms with Gasteiger partial charge in [-0.1, -0.05) is 83.3 Å². The molecule has 32 heavy (non-hydrogen) atoms. The molecule has 1 fully saturated rings. The highest BCUT2D eigenvalue weighted by molar-refractivity contribution is 4.94. The summed E-state index contributed by atoms with van der Waals surface area (Å²) in [5.74, 6) is 0. The number of rotatable bonds is 18. The molecule has 0 saturated carbocycles. The van der Waals surface area contributed by atoms with Gasteiger partial charge in [0.25, 0.3) is 0 Å². The quantitative estimate of drug-likeness (QED) is 0.134. The highest BCUT2D eigenvalue weighted by Crippen LogP contribution is 2.22. The zero-order valence-electron chi connectivity index (χ0n) is 19.7. The number of aliphatic hydroxyl groups is 5. The van der Waals surface area contributed by atoms with Crippen molar-refractivity contribution >= 4 is 0 Å². The average molecular weight is 462 g/mol. The highest BCUT2D eigenvalue weighted by atomic mass is 16.7. The molecule has 8 nitrogen and oxygen atoms in total. The van der Waals surface area contributed by atoms with Crippen molar-refractivity contribution in [3.8, 4) is 0 Å². The van der Waals surface area contributed by atoms with E-state index in [0.717, 1.165) is 12.8 Å². The van der Waals surface area contributed by atoms with Crippen LogP contribution in [0.4, 0.5) is 0 Å². The Morgan fingerprint density at radius 1 is 0.875 bits per heavy atom. The van der Waals surface area contributed by atoms with Gasteiger partial charge >= 0.3 is 0 Å². The fourth-order valence-corrected chi connectivity index (χ4v) is 3.81. The van der Waals surface area contributed by atoms with Crippen molar-refractivity contribution in [2.45, 2.75) is 127 Å². The number of hydrogen-bond acceptors (Lipinski definition) is 8. The van der Waals surface area contributed by atoms with E-state index in [1.807, 2.05) is 6.08 Å². The predicted molar refractivity (Wildman–Crippen MR) is 124 cm³/mol. The third kappa shape index (κ3) is 11.5. The lowest BCUT2D eigenvalue weighted by Crippen LogP contribution is -2.59. The van der Waals surface area contributed by atoms with Crippen LogP contribution in [-0.2, 0) is 9.47 Å². The van der Waals surface area contributed by atoms with Gasteiger partial charge in [0.2, 0.25) is 0 Å². The maximum absolute atomic E-state index is 10.2. The minimum absolute atomic E-state index is 0.118. The first kappa shape index (κ1) is 29.5. The Morgan fingerprint density at radius 3 is 2.00 bits per heavy atom. The monoisotopic (exact) mass is 461 g/mol. The van der Waals surface area contributed by atoms with Crippen molar-refractivity contribution in [2.24, 2.45) is 5.73 Å². The van der Waals surface area contributed by atoms with Gasteiger partial charge in [0.1, 0.15) is 24.4 Å². The van der Waals surface area contributed by atoms with Gasteiger partial charge in [-0.2, -0.15) is 0 Å². The van der Waals surface area contributed by atoms with Gasteiger partial charge in [-0.25, -0.2) is 0 Å². The molecule has 1 aliphatic heterocycles. The Morgan fingerprint density at radius 2 is 1.44 bits per heavy atom. The molecule has 190 valence electrons. The second-order valence-electron chi connectivity index (χ2n) is 8.94. The maximum Gasteiger partial charge on any atom is 0.186 e. The summed E-state index contributed by atoms with van der Waals surface area (Å²) in [6, 6.07) is -0.740. The van der Waals surface area contributed by atoms with E-state index in [1.165, 1.54) is 64.2 Å². The Labute approximate surface area is 193 Å². The lowest BCUT2D eigenvalue weighted by atomic mass is 9.99.